The number of para-hydroxylation sites is 1. The lowest BCUT2D eigenvalue weighted by atomic mass is 10.1. The lowest BCUT2D eigenvalue weighted by Crippen LogP contribution is -2.13. The van der Waals surface area contributed by atoms with Crippen molar-refractivity contribution < 1.29 is 9.90 Å². The Hall–Kier alpha value is -0.690. The summed E-state index contributed by atoms with van der Waals surface area (Å²) in [5.74, 6) is -0.207. The molecule has 0 radical (unpaired) electrons. The average molecular weight is 405 g/mol. The van der Waals surface area contributed by atoms with Crippen LogP contribution in [0.5, 0.6) is 0 Å². The van der Waals surface area contributed by atoms with Crippen LogP contribution < -0.4 is 5.32 Å². The third kappa shape index (κ3) is 3.45. The van der Waals surface area contributed by atoms with E-state index in [4.69, 9.17) is 0 Å². The van der Waals surface area contributed by atoms with Gasteiger partial charge in [0.2, 0.25) is 0 Å². The molecule has 6 heteroatoms. The molecule has 1 atom stereocenters. The van der Waals surface area contributed by atoms with Gasteiger partial charge in [0.1, 0.15) is 0 Å². The third-order valence-corrected chi connectivity index (χ3v) is 4.90. The first-order valence-electron chi connectivity index (χ1n) is 5.52. The largest absolute Gasteiger partial charge is 0.389 e. The minimum atomic E-state index is -0.630. The van der Waals surface area contributed by atoms with Gasteiger partial charge in [0.25, 0.3) is 5.91 Å². The number of halogens is 2. The molecule has 0 aliphatic carbocycles. The van der Waals surface area contributed by atoms with Crippen molar-refractivity contribution in [3.63, 3.8) is 0 Å². The Morgan fingerprint density at radius 3 is 2.63 bits per heavy atom. The maximum atomic E-state index is 12.2. The zero-order valence-electron chi connectivity index (χ0n) is 9.98. The van der Waals surface area contributed by atoms with Crippen molar-refractivity contribution in [1.29, 1.82) is 0 Å². The van der Waals surface area contributed by atoms with Crippen LogP contribution in [0.1, 0.15) is 28.9 Å². The fraction of sp³-hybridized carbons (Fsp3) is 0.154. The summed E-state index contributed by atoms with van der Waals surface area (Å²) in [4.78, 5) is 12.2. The molecule has 0 saturated carbocycles. The number of amides is 1. The van der Waals surface area contributed by atoms with E-state index in [2.05, 4.69) is 37.2 Å². The smallest absolute Gasteiger partial charge is 0.257 e. The Labute approximate surface area is 131 Å². The predicted molar refractivity (Wildman–Crippen MR) is 84.7 cm³/mol. The number of nitrogens with one attached hydrogen (secondary N) is 1. The van der Waals surface area contributed by atoms with Crippen LogP contribution >= 0.6 is 43.2 Å². The van der Waals surface area contributed by atoms with Crippen molar-refractivity contribution in [3.8, 4) is 0 Å². The Balaban J connectivity index is 2.27. The summed E-state index contributed by atoms with van der Waals surface area (Å²) in [5, 5.41) is 12.5. The highest BCUT2D eigenvalue weighted by molar-refractivity contribution is 9.12. The lowest BCUT2D eigenvalue weighted by molar-refractivity contribution is 0.102. The summed E-state index contributed by atoms with van der Waals surface area (Å²) in [6.07, 6.45) is -0.630. The van der Waals surface area contributed by atoms with Crippen molar-refractivity contribution in [2.45, 2.75) is 13.0 Å². The second-order valence-corrected chi connectivity index (χ2v) is 7.70. The lowest BCUT2D eigenvalue weighted by Gasteiger charge is -2.12. The minimum absolute atomic E-state index is 0.207. The molecule has 3 nitrogen and oxygen atoms in total. The van der Waals surface area contributed by atoms with Crippen LogP contribution in [0.2, 0.25) is 0 Å². The van der Waals surface area contributed by atoms with E-state index in [1.165, 1.54) is 11.3 Å². The number of anilines is 1. The number of benzene rings is 1. The average Bonchev–Trinajstić information content (AvgIpc) is 2.69. The normalized spacial score (nSPS) is 12.2. The molecule has 0 aliphatic rings. The summed E-state index contributed by atoms with van der Waals surface area (Å²) in [5.41, 5.74) is 1.88. The third-order valence-electron chi connectivity index (χ3n) is 2.56. The maximum Gasteiger partial charge on any atom is 0.257 e. The van der Waals surface area contributed by atoms with Gasteiger partial charge in [0.05, 0.1) is 19.2 Å². The topological polar surface area (TPSA) is 49.3 Å². The fourth-order valence-electron chi connectivity index (χ4n) is 1.66. The first-order chi connectivity index (χ1) is 8.99. The summed E-state index contributed by atoms with van der Waals surface area (Å²) < 4.78 is 1.65. The van der Waals surface area contributed by atoms with Crippen LogP contribution in [-0.2, 0) is 0 Å². The van der Waals surface area contributed by atoms with E-state index in [1.54, 1.807) is 25.1 Å². The van der Waals surface area contributed by atoms with Crippen LogP contribution in [0.25, 0.3) is 0 Å². The van der Waals surface area contributed by atoms with Crippen molar-refractivity contribution in [3.05, 3.63) is 49.0 Å². The van der Waals surface area contributed by atoms with E-state index in [9.17, 15) is 9.90 Å². The monoisotopic (exact) mass is 403 g/mol. The van der Waals surface area contributed by atoms with Gasteiger partial charge in [-0.15, -0.1) is 11.3 Å². The van der Waals surface area contributed by atoms with Gasteiger partial charge in [0.15, 0.2) is 0 Å². The van der Waals surface area contributed by atoms with Crippen molar-refractivity contribution in [2.75, 3.05) is 5.32 Å². The van der Waals surface area contributed by atoms with Gasteiger partial charge in [0, 0.05) is 11.3 Å². The molecule has 0 saturated heterocycles. The second-order valence-electron chi connectivity index (χ2n) is 3.96. The molecular weight excluding hydrogens is 394 g/mol. The van der Waals surface area contributed by atoms with Gasteiger partial charge in [-0.1, -0.05) is 18.2 Å². The van der Waals surface area contributed by atoms with Crippen LogP contribution in [0.3, 0.4) is 0 Å². The van der Waals surface area contributed by atoms with Gasteiger partial charge < -0.3 is 10.4 Å². The number of rotatable bonds is 3. The molecule has 100 valence electrons. The molecule has 0 spiro atoms. The summed E-state index contributed by atoms with van der Waals surface area (Å²) in [6, 6.07) is 8.97. The van der Waals surface area contributed by atoms with Gasteiger partial charge in [-0.25, -0.2) is 0 Å². The molecule has 1 amide bonds. The molecule has 0 bridgehead atoms. The Morgan fingerprint density at radius 2 is 2.05 bits per heavy atom. The SMILES string of the molecule is CC(O)c1ccccc1NC(=O)c1cc(Br)sc1Br. The van der Waals surface area contributed by atoms with Crippen LogP contribution in [0.15, 0.2) is 37.9 Å². The van der Waals surface area contributed by atoms with E-state index < -0.39 is 6.10 Å². The molecule has 1 heterocycles. The molecular formula is C13H11Br2NO2S. The minimum Gasteiger partial charge on any atom is -0.389 e. The van der Waals surface area contributed by atoms with Gasteiger partial charge in [-0.05, 0) is 50.9 Å². The highest BCUT2D eigenvalue weighted by atomic mass is 79.9. The zero-order valence-corrected chi connectivity index (χ0v) is 14.0. The number of hydrogen-bond acceptors (Lipinski definition) is 3. The predicted octanol–water partition coefficient (Wildman–Crippen LogP) is 4.58. The highest BCUT2D eigenvalue weighted by Crippen LogP contribution is 2.32. The number of carbonyl (C=O) groups excluding carboxylic acids is 1. The summed E-state index contributed by atoms with van der Waals surface area (Å²) in [6.45, 7) is 1.67. The van der Waals surface area contributed by atoms with Crippen LogP contribution in [-0.4, -0.2) is 11.0 Å². The number of aliphatic hydroxyl groups is 1. The first-order valence-corrected chi connectivity index (χ1v) is 7.92. The number of carbonyl (C=O) groups is 1. The molecule has 2 rings (SSSR count). The number of aliphatic hydroxyl groups excluding tert-OH is 1. The standard InChI is InChI=1S/C13H11Br2NO2S/c1-7(17)8-4-2-3-5-10(8)16-13(18)9-6-11(14)19-12(9)15/h2-7,17H,1H3,(H,16,18). The Kier molecular flexibility index (Phi) is 4.78. The number of thiophene rings is 1. The maximum absolute atomic E-state index is 12.2. The molecule has 2 aromatic rings. The fourth-order valence-corrected chi connectivity index (χ4v) is 4.45. The van der Waals surface area contributed by atoms with Gasteiger partial charge in [-0.3, -0.25) is 4.79 Å². The van der Waals surface area contributed by atoms with E-state index in [0.717, 1.165) is 7.57 Å². The van der Waals surface area contributed by atoms with E-state index >= 15 is 0 Å². The summed E-state index contributed by atoms with van der Waals surface area (Å²) in [7, 11) is 0. The molecule has 0 aliphatic heterocycles. The van der Waals surface area contributed by atoms with E-state index in [0.29, 0.717) is 16.8 Å². The van der Waals surface area contributed by atoms with Crippen molar-refractivity contribution in [1.82, 2.24) is 0 Å². The second kappa shape index (κ2) is 6.17. The number of hydrogen-bond donors (Lipinski definition) is 2. The van der Waals surface area contributed by atoms with Crippen LogP contribution in [0.4, 0.5) is 5.69 Å². The quantitative estimate of drug-likeness (QED) is 0.786. The molecule has 1 aromatic heterocycles. The Morgan fingerprint density at radius 1 is 1.37 bits per heavy atom. The molecule has 0 fully saturated rings. The summed E-state index contributed by atoms with van der Waals surface area (Å²) >= 11 is 8.14. The van der Waals surface area contributed by atoms with E-state index in [1.807, 2.05) is 12.1 Å². The van der Waals surface area contributed by atoms with Crippen molar-refractivity contribution in [2.24, 2.45) is 0 Å². The molecule has 1 unspecified atom stereocenters. The van der Waals surface area contributed by atoms with E-state index in [-0.39, 0.29) is 5.91 Å². The van der Waals surface area contributed by atoms with Gasteiger partial charge in [-0.2, -0.15) is 0 Å². The van der Waals surface area contributed by atoms with Crippen LogP contribution in [0, 0.1) is 0 Å². The highest BCUT2D eigenvalue weighted by Gasteiger charge is 2.16. The Bertz CT molecular complexity index is 610. The van der Waals surface area contributed by atoms with Gasteiger partial charge >= 0.3 is 0 Å². The molecule has 1 aromatic carbocycles. The molecule has 2 N–H and O–H groups in total. The van der Waals surface area contributed by atoms with Crippen molar-refractivity contribution >= 4 is 54.8 Å². The zero-order chi connectivity index (χ0) is 14.0. The molecule has 19 heavy (non-hydrogen) atoms. The first kappa shape index (κ1) is 14.7.